The van der Waals surface area contributed by atoms with Crippen molar-refractivity contribution in [2.24, 2.45) is 0 Å². The van der Waals surface area contributed by atoms with Crippen LogP contribution < -0.4 is 10.0 Å². The van der Waals surface area contributed by atoms with Crippen LogP contribution in [0.2, 0.25) is 0 Å². The lowest BCUT2D eigenvalue weighted by Crippen LogP contribution is -2.35. The summed E-state index contributed by atoms with van der Waals surface area (Å²) in [6.07, 6.45) is 1.67. The van der Waals surface area contributed by atoms with E-state index in [2.05, 4.69) is 10.0 Å². The predicted octanol–water partition coefficient (Wildman–Crippen LogP) is 0.273. The molecule has 0 heterocycles. The molecule has 0 saturated heterocycles. The van der Waals surface area contributed by atoms with Crippen LogP contribution in [0.15, 0.2) is 0 Å². The summed E-state index contributed by atoms with van der Waals surface area (Å²) in [5, 5.41) is 2.96. The largest absolute Gasteiger partial charge is 0.304 e. The molecule has 0 aromatic heterocycles. The number of hydrogen-bond acceptors (Lipinski definition) is 3. The monoisotopic (exact) mass is 194 g/mol. The highest BCUT2D eigenvalue weighted by Gasteiger charge is 2.05. The van der Waals surface area contributed by atoms with Gasteiger partial charge in [0.25, 0.3) is 0 Å². The molecule has 0 aliphatic carbocycles. The number of hydrogen-bond donors (Lipinski definition) is 2. The summed E-state index contributed by atoms with van der Waals surface area (Å²) in [4.78, 5) is 0. The first-order chi connectivity index (χ1) is 5.62. The Morgan fingerprint density at radius 3 is 2.33 bits per heavy atom. The third-order valence-electron chi connectivity index (χ3n) is 1.32. The highest BCUT2D eigenvalue weighted by atomic mass is 32.2. The Morgan fingerprint density at radius 1 is 1.17 bits per heavy atom. The van der Waals surface area contributed by atoms with Crippen molar-refractivity contribution in [1.29, 1.82) is 0 Å². The third kappa shape index (κ3) is 6.57. The lowest BCUT2D eigenvalue weighted by molar-refractivity contribution is 0.567. The molecular formula is C7H18N2O2S. The van der Waals surface area contributed by atoms with E-state index in [9.17, 15) is 8.42 Å². The highest BCUT2D eigenvalue weighted by Crippen LogP contribution is 1.86. The fourth-order valence-corrected chi connectivity index (χ4v) is 1.77. The third-order valence-corrected chi connectivity index (χ3v) is 2.85. The van der Waals surface area contributed by atoms with Gasteiger partial charge in [-0.25, -0.2) is 13.1 Å². The second-order valence-corrected chi connectivity index (χ2v) is 4.57. The molecule has 0 aromatic rings. The molecule has 0 spiro atoms. The maximum absolute atomic E-state index is 11.0. The maximum Gasteiger partial charge on any atom is 0.212 e. The molecule has 0 amide bonds. The van der Waals surface area contributed by atoms with Crippen LogP contribution >= 0.6 is 0 Å². The zero-order valence-corrected chi connectivity index (χ0v) is 8.58. The van der Waals surface area contributed by atoms with Gasteiger partial charge in [-0.2, -0.15) is 0 Å². The first-order valence-electron chi connectivity index (χ1n) is 4.30. The van der Waals surface area contributed by atoms with Crippen LogP contribution in [0.1, 0.15) is 26.7 Å². The van der Waals surface area contributed by atoms with Gasteiger partial charge in [0.05, 0.1) is 12.4 Å². The van der Waals surface area contributed by atoms with Crippen LogP contribution in [0.3, 0.4) is 0 Å². The molecule has 74 valence electrons. The summed E-state index contributed by atoms with van der Waals surface area (Å²) in [7, 11) is -3.02. The van der Waals surface area contributed by atoms with E-state index in [-0.39, 0.29) is 5.75 Å². The average Bonchev–Trinajstić information content (AvgIpc) is 1.98. The Hall–Kier alpha value is -0.130. The number of nitrogens with one attached hydrogen (secondary N) is 2. The van der Waals surface area contributed by atoms with Crippen molar-refractivity contribution >= 4 is 10.0 Å². The van der Waals surface area contributed by atoms with Gasteiger partial charge in [-0.15, -0.1) is 0 Å². The zero-order valence-electron chi connectivity index (χ0n) is 7.76. The maximum atomic E-state index is 11.0. The van der Waals surface area contributed by atoms with E-state index >= 15 is 0 Å². The minimum atomic E-state index is -3.02. The van der Waals surface area contributed by atoms with Gasteiger partial charge in [0.15, 0.2) is 0 Å². The summed E-state index contributed by atoms with van der Waals surface area (Å²) in [6, 6.07) is 0. The Kier molecular flexibility index (Phi) is 6.32. The molecule has 5 heteroatoms. The molecule has 0 atom stereocenters. The molecule has 0 saturated carbocycles. The van der Waals surface area contributed by atoms with E-state index < -0.39 is 10.0 Å². The fourth-order valence-electron chi connectivity index (χ4n) is 0.767. The van der Waals surface area contributed by atoms with Crippen molar-refractivity contribution in [2.75, 3.05) is 19.0 Å². The molecular weight excluding hydrogens is 176 g/mol. The minimum Gasteiger partial charge on any atom is -0.304 e. The summed E-state index contributed by atoms with van der Waals surface area (Å²) < 4.78 is 24.5. The summed E-state index contributed by atoms with van der Waals surface area (Å²) in [5.41, 5.74) is 0. The van der Waals surface area contributed by atoms with Crippen molar-refractivity contribution in [2.45, 2.75) is 26.7 Å². The lowest BCUT2D eigenvalue weighted by atomic mass is 10.5. The van der Waals surface area contributed by atoms with E-state index in [1.807, 2.05) is 13.8 Å². The smallest absolute Gasteiger partial charge is 0.212 e. The van der Waals surface area contributed by atoms with Crippen LogP contribution in [-0.4, -0.2) is 27.4 Å². The Bertz CT molecular complexity index is 190. The van der Waals surface area contributed by atoms with Crippen LogP contribution in [0, 0.1) is 0 Å². The first kappa shape index (κ1) is 11.9. The first-order valence-corrected chi connectivity index (χ1v) is 5.95. The van der Waals surface area contributed by atoms with Gasteiger partial charge in [0, 0.05) is 0 Å². The number of sulfonamides is 1. The van der Waals surface area contributed by atoms with Crippen LogP contribution in [0.5, 0.6) is 0 Å². The van der Waals surface area contributed by atoms with Crippen LogP contribution in [0.4, 0.5) is 0 Å². The molecule has 0 rings (SSSR count). The standard InChI is InChI=1S/C7H18N2O2S/c1-3-5-8-7-9-12(10,11)6-4-2/h8-9H,3-7H2,1-2H3. The van der Waals surface area contributed by atoms with Gasteiger partial charge in [-0.1, -0.05) is 13.8 Å². The molecule has 0 bridgehead atoms. The van der Waals surface area contributed by atoms with Crippen molar-refractivity contribution in [3.8, 4) is 0 Å². The van der Waals surface area contributed by atoms with E-state index in [0.717, 1.165) is 13.0 Å². The van der Waals surface area contributed by atoms with Crippen LogP contribution in [-0.2, 0) is 10.0 Å². The lowest BCUT2D eigenvalue weighted by Gasteiger charge is -2.05. The molecule has 12 heavy (non-hydrogen) atoms. The van der Waals surface area contributed by atoms with E-state index in [4.69, 9.17) is 0 Å². The second-order valence-electron chi connectivity index (χ2n) is 2.64. The number of rotatable bonds is 7. The highest BCUT2D eigenvalue weighted by molar-refractivity contribution is 7.89. The minimum absolute atomic E-state index is 0.209. The van der Waals surface area contributed by atoms with Crippen molar-refractivity contribution in [1.82, 2.24) is 10.0 Å². The van der Waals surface area contributed by atoms with Crippen LogP contribution in [0.25, 0.3) is 0 Å². The second kappa shape index (κ2) is 6.39. The van der Waals surface area contributed by atoms with Crippen molar-refractivity contribution in [3.63, 3.8) is 0 Å². The van der Waals surface area contributed by atoms with Gasteiger partial charge in [0.1, 0.15) is 0 Å². The molecule has 0 aliphatic heterocycles. The normalized spacial score (nSPS) is 11.8. The van der Waals surface area contributed by atoms with E-state index in [1.54, 1.807) is 0 Å². The predicted molar refractivity (Wildman–Crippen MR) is 50.4 cm³/mol. The Labute approximate surface area is 74.8 Å². The Balaban J connectivity index is 3.48. The summed E-state index contributed by atoms with van der Waals surface area (Å²) in [6.45, 7) is 5.07. The fraction of sp³-hybridized carbons (Fsp3) is 1.00. The van der Waals surface area contributed by atoms with E-state index in [0.29, 0.717) is 13.1 Å². The molecule has 0 aliphatic rings. The van der Waals surface area contributed by atoms with E-state index in [1.165, 1.54) is 0 Å². The average molecular weight is 194 g/mol. The molecule has 0 fully saturated rings. The molecule has 0 unspecified atom stereocenters. The SMILES string of the molecule is CCCNCNS(=O)(=O)CCC. The Morgan fingerprint density at radius 2 is 1.83 bits per heavy atom. The van der Waals surface area contributed by atoms with Gasteiger partial charge in [-0.3, -0.25) is 0 Å². The summed E-state index contributed by atoms with van der Waals surface area (Å²) >= 11 is 0. The van der Waals surface area contributed by atoms with Gasteiger partial charge in [-0.05, 0) is 19.4 Å². The van der Waals surface area contributed by atoms with Crippen molar-refractivity contribution < 1.29 is 8.42 Å². The van der Waals surface area contributed by atoms with Gasteiger partial charge < -0.3 is 5.32 Å². The topological polar surface area (TPSA) is 58.2 Å². The van der Waals surface area contributed by atoms with Gasteiger partial charge >= 0.3 is 0 Å². The summed E-state index contributed by atoms with van der Waals surface area (Å²) in [5.74, 6) is 0.209. The molecule has 2 N–H and O–H groups in total. The molecule has 4 nitrogen and oxygen atoms in total. The zero-order chi connectivity index (χ0) is 9.45. The molecule has 0 aromatic carbocycles. The van der Waals surface area contributed by atoms with Crippen molar-refractivity contribution in [3.05, 3.63) is 0 Å². The van der Waals surface area contributed by atoms with Gasteiger partial charge in [0.2, 0.25) is 10.0 Å². The molecule has 0 radical (unpaired) electrons. The quantitative estimate of drug-likeness (QED) is 0.452.